The van der Waals surface area contributed by atoms with Gasteiger partial charge in [0.1, 0.15) is 11.6 Å². The molecule has 0 aliphatic carbocycles. The molecule has 9 heteroatoms. The summed E-state index contributed by atoms with van der Waals surface area (Å²) in [7, 11) is 1.71. The molecule has 0 amide bonds. The van der Waals surface area contributed by atoms with E-state index in [-0.39, 0.29) is 22.3 Å². The minimum Gasteiger partial charge on any atom is -0.424 e. The summed E-state index contributed by atoms with van der Waals surface area (Å²) in [5.74, 6) is -0.341. The molecule has 0 unspecified atom stereocenters. The van der Waals surface area contributed by atoms with Crippen molar-refractivity contribution in [1.29, 1.82) is 0 Å². The number of fused-ring (bicyclic) bond motifs is 1. The molecule has 4 aromatic rings. The van der Waals surface area contributed by atoms with Gasteiger partial charge in [-0.3, -0.25) is 4.79 Å². The molecule has 27 heavy (non-hydrogen) atoms. The lowest BCUT2D eigenvalue weighted by atomic mass is 10.3. The van der Waals surface area contributed by atoms with Crippen LogP contribution in [-0.2, 0) is 7.05 Å². The average Bonchev–Trinajstić information content (AvgIpc) is 3.00. The molecule has 0 saturated heterocycles. The van der Waals surface area contributed by atoms with Gasteiger partial charge in [0, 0.05) is 12.1 Å². The van der Waals surface area contributed by atoms with Gasteiger partial charge in [-0.05, 0) is 42.5 Å². The Hall–Kier alpha value is -2.90. The van der Waals surface area contributed by atoms with Crippen molar-refractivity contribution in [2.45, 2.75) is 0 Å². The van der Waals surface area contributed by atoms with Crippen molar-refractivity contribution < 1.29 is 9.13 Å². The van der Waals surface area contributed by atoms with E-state index >= 15 is 0 Å². The highest BCUT2D eigenvalue weighted by molar-refractivity contribution is 6.32. The second-order valence-electron chi connectivity index (χ2n) is 5.72. The van der Waals surface area contributed by atoms with Crippen molar-refractivity contribution in [3.63, 3.8) is 0 Å². The van der Waals surface area contributed by atoms with Gasteiger partial charge in [0.2, 0.25) is 0 Å². The van der Waals surface area contributed by atoms with Crippen LogP contribution in [0.4, 0.5) is 4.39 Å². The molecule has 0 bridgehead atoms. The number of halogens is 3. The third-order valence-corrected chi connectivity index (χ3v) is 4.43. The second-order valence-corrected chi connectivity index (χ2v) is 6.56. The monoisotopic (exact) mass is 404 g/mol. The van der Waals surface area contributed by atoms with Crippen molar-refractivity contribution in [2.24, 2.45) is 7.05 Å². The summed E-state index contributed by atoms with van der Waals surface area (Å²) in [6.45, 7) is 0. The maximum atomic E-state index is 13.3. The Labute approximate surface area is 162 Å². The van der Waals surface area contributed by atoms with Crippen LogP contribution in [0.25, 0.3) is 16.9 Å². The standard InChI is InChI=1S/C18H11Cl2FN4O2/c1-24-9-22-15-16(24)23-18(27-14-7-4-11(21)8-13(14)20)25(17(15)26)12-5-2-10(19)3-6-12/h2-9H,1H3. The van der Waals surface area contributed by atoms with Crippen molar-refractivity contribution in [2.75, 3.05) is 0 Å². The second kappa shape index (κ2) is 6.68. The topological polar surface area (TPSA) is 61.9 Å². The van der Waals surface area contributed by atoms with Crippen molar-refractivity contribution in [3.8, 4) is 17.4 Å². The number of ether oxygens (including phenoxy) is 1. The molecular formula is C18H11Cl2FN4O2. The highest BCUT2D eigenvalue weighted by Crippen LogP contribution is 2.30. The SMILES string of the molecule is Cn1cnc2c(=O)n(-c3ccc(Cl)cc3)c(Oc3ccc(F)cc3Cl)nc21. The van der Waals surface area contributed by atoms with Crippen LogP contribution in [0, 0.1) is 5.82 Å². The zero-order valence-corrected chi connectivity index (χ0v) is 15.4. The smallest absolute Gasteiger partial charge is 0.311 e. The Morgan fingerprint density at radius 3 is 2.56 bits per heavy atom. The van der Waals surface area contributed by atoms with Crippen molar-refractivity contribution in [1.82, 2.24) is 19.1 Å². The zero-order chi connectivity index (χ0) is 19.1. The first-order chi connectivity index (χ1) is 12.9. The van der Waals surface area contributed by atoms with Gasteiger partial charge in [-0.15, -0.1) is 0 Å². The fraction of sp³-hybridized carbons (Fsp3) is 0.0556. The van der Waals surface area contributed by atoms with Gasteiger partial charge >= 0.3 is 6.01 Å². The highest BCUT2D eigenvalue weighted by atomic mass is 35.5. The molecule has 4 rings (SSSR count). The van der Waals surface area contributed by atoms with Crippen LogP contribution >= 0.6 is 23.2 Å². The molecule has 0 N–H and O–H groups in total. The van der Waals surface area contributed by atoms with Crippen LogP contribution in [0.1, 0.15) is 0 Å². The molecular weight excluding hydrogens is 394 g/mol. The quantitative estimate of drug-likeness (QED) is 0.508. The lowest BCUT2D eigenvalue weighted by Crippen LogP contribution is -2.21. The molecule has 6 nitrogen and oxygen atoms in total. The summed E-state index contributed by atoms with van der Waals surface area (Å²) >= 11 is 12.0. The number of imidazole rings is 1. The van der Waals surface area contributed by atoms with E-state index in [1.54, 1.807) is 35.9 Å². The molecule has 0 aliphatic heterocycles. The highest BCUT2D eigenvalue weighted by Gasteiger charge is 2.18. The first-order valence-electron chi connectivity index (χ1n) is 7.77. The van der Waals surface area contributed by atoms with E-state index < -0.39 is 11.4 Å². The Balaban J connectivity index is 1.96. The van der Waals surface area contributed by atoms with E-state index in [1.165, 1.54) is 23.0 Å². The van der Waals surface area contributed by atoms with Gasteiger partial charge in [-0.2, -0.15) is 4.98 Å². The summed E-state index contributed by atoms with van der Waals surface area (Å²) in [5.41, 5.74) is 0.595. The molecule has 2 aromatic heterocycles. The maximum absolute atomic E-state index is 13.3. The summed E-state index contributed by atoms with van der Waals surface area (Å²) in [6.07, 6.45) is 1.49. The Morgan fingerprint density at radius 1 is 1.11 bits per heavy atom. The van der Waals surface area contributed by atoms with Crippen LogP contribution < -0.4 is 10.3 Å². The molecule has 2 heterocycles. The summed E-state index contributed by atoms with van der Waals surface area (Å²) < 4.78 is 21.9. The number of aromatic nitrogens is 4. The number of nitrogens with zero attached hydrogens (tertiary/aromatic N) is 4. The van der Waals surface area contributed by atoms with E-state index in [0.717, 1.165) is 6.07 Å². The lowest BCUT2D eigenvalue weighted by molar-refractivity contribution is 0.425. The number of hydrogen-bond donors (Lipinski definition) is 0. The molecule has 136 valence electrons. The van der Waals surface area contributed by atoms with Crippen LogP contribution in [-0.4, -0.2) is 19.1 Å². The third kappa shape index (κ3) is 3.15. The van der Waals surface area contributed by atoms with Gasteiger partial charge in [0.05, 0.1) is 17.0 Å². The minimum absolute atomic E-state index is 0.0352. The Morgan fingerprint density at radius 2 is 1.85 bits per heavy atom. The average molecular weight is 405 g/mol. The van der Waals surface area contributed by atoms with Crippen LogP contribution in [0.5, 0.6) is 11.8 Å². The first-order valence-corrected chi connectivity index (χ1v) is 8.52. The fourth-order valence-corrected chi connectivity index (χ4v) is 2.91. The van der Waals surface area contributed by atoms with E-state index in [4.69, 9.17) is 27.9 Å². The summed E-state index contributed by atoms with van der Waals surface area (Å²) in [6, 6.07) is 10.2. The number of aryl methyl sites for hydroxylation is 1. The Kier molecular flexibility index (Phi) is 4.33. The van der Waals surface area contributed by atoms with Gasteiger partial charge in [-0.25, -0.2) is 13.9 Å². The predicted molar refractivity (Wildman–Crippen MR) is 101 cm³/mol. The van der Waals surface area contributed by atoms with Crippen LogP contribution in [0.3, 0.4) is 0 Å². The molecule has 0 fully saturated rings. The van der Waals surface area contributed by atoms with Gasteiger partial charge in [0.25, 0.3) is 5.56 Å². The fourth-order valence-electron chi connectivity index (χ4n) is 2.58. The molecule has 2 aromatic carbocycles. The lowest BCUT2D eigenvalue weighted by Gasteiger charge is -2.13. The molecule has 0 atom stereocenters. The number of rotatable bonds is 3. The van der Waals surface area contributed by atoms with Crippen LogP contribution in [0.2, 0.25) is 10.0 Å². The van der Waals surface area contributed by atoms with Crippen molar-refractivity contribution in [3.05, 3.63) is 75.0 Å². The zero-order valence-electron chi connectivity index (χ0n) is 13.9. The third-order valence-electron chi connectivity index (χ3n) is 3.88. The van der Waals surface area contributed by atoms with E-state index in [0.29, 0.717) is 16.4 Å². The van der Waals surface area contributed by atoms with E-state index in [2.05, 4.69) is 9.97 Å². The van der Waals surface area contributed by atoms with Gasteiger partial charge < -0.3 is 9.30 Å². The van der Waals surface area contributed by atoms with E-state index in [9.17, 15) is 9.18 Å². The molecule has 0 saturated carbocycles. The minimum atomic E-state index is -0.502. The number of benzene rings is 2. The molecule has 0 radical (unpaired) electrons. The summed E-state index contributed by atoms with van der Waals surface area (Å²) in [4.78, 5) is 21.5. The van der Waals surface area contributed by atoms with Gasteiger partial charge in [0.15, 0.2) is 11.2 Å². The van der Waals surface area contributed by atoms with E-state index in [1.807, 2.05) is 0 Å². The predicted octanol–water partition coefficient (Wildman–Crippen LogP) is 4.36. The normalized spacial score (nSPS) is 11.1. The number of hydrogen-bond acceptors (Lipinski definition) is 4. The van der Waals surface area contributed by atoms with Crippen molar-refractivity contribution >= 4 is 34.4 Å². The maximum Gasteiger partial charge on any atom is 0.311 e. The van der Waals surface area contributed by atoms with Crippen LogP contribution in [0.15, 0.2) is 53.6 Å². The first kappa shape index (κ1) is 17.5. The van der Waals surface area contributed by atoms with Gasteiger partial charge in [-0.1, -0.05) is 23.2 Å². The molecule has 0 aliphatic rings. The largest absolute Gasteiger partial charge is 0.424 e. The Bertz CT molecular complexity index is 1220. The molecule has 0 spiro atoms. The summed E-state index contributed by atoms with van der Waals surface area (Å²) in [5, 5.41) is 0.569.